The number of hydrogen-bond acceptors (Lipinski definition) is 4. The number of amides is 1. The smallest absolute Gasteiger partial charge is 0.258 e. The standard InChI is InChI=1S/C23H30N2O3/c1-4-6-15-25-22(26)20-9-7-8-10-21(20)24-23(25,5-2)18-11-13-19(14-12-18)28-17-16-27-3/h7-14,24H,4-6,15-17H2,1-3H3. The van der Waals surface area contributed by atoms with Gasteiger partial charge in [-0.25, -0.2) is 0 Å². The lowest BCUT2D eigenvalue weighted by Crippen LogP contribution is -2.57. The monoisotopic (exact) mass is 382 g/mol. The minimum atomic E-state index is -0.564. The second kappa shape index (κ2) is 9.11. The molecule has 1 aliphatic heterocycles. The third kappa shape index (κ3) is 3.85. The van der Waals surface area contributed by atoms with Crippen molar-refractivity contribution in [2.45, 2.75) is 38.8 Å². The van der Waals surface area contributed by atoms with E-state index in [1.807, 2.05) is 41.3 Å². The molecule has 0 aliphatic carbocycles. The fourth-order valence-corrected chi connectivity index (χ4v) is 3.78. The lowest BCUT2D eigenvalue weighted by molar-refractivity contribution is 0.0478. The van der Waals surface area contributed by atoms with Gasteiger partial charge in [-0.2, -0.15) is 0 Å². The maximum atomic E-state index is 13.4. The minimum Gasteiger partial charge on any atom is -0.491 e. The highest BCUT2D eigenvalue weighted by Gasteiger charge is 2.44. The summed E-state index contributed by atoms with van der Waals surface area (Å²) >= 11 is 0. The van der Waals surface area contributed by atoms with Gasteiger partial charge in [-0.3, -0.25) is 4.79 Å². The highest BCUT2D eigenvalue weighted by Crippen LogP contribution is 2.40. The first kappa shape index (κ1) is 20.2. The molecule has 2 aromatic carbocycles. The molecule has 5 nitrogen and oxygen atoms in total. The van der Waals surface area contributed by atoms with Crippen molar-refractivity contribution < 1.29 is 14.3 Å². The van der Waals surface area contributed by atoms with Gasteiger partial charge in [-0.05, 0) is 42.7 Å². The fourth-order valence-electron chi connectivity index (χ4n) is 3.78. The molecule has 28 heavy (non-hydrogen) atoms. The van der Waals surface area contributed by atoms with Crippen LogP contribution in [0.15, 0.2) is 48.5 Å². The summed E-state index contributed by atoms with van der Waals surface area (Å²) in [6.07, 6.45) is 2.77. The molecular formula is C23H30N2O3. The van der Waals surface area contributed by atoms with Gasteiger partial charge >= 0.3 is 0 Å². The largest absolute Gasteiger partial charge is 0.491 e. The van der Waals surface area contributed by atoms with Gasteiger partial charge in [-0.1, -0.05) is 44.5 Å². The zero-order valence-corrected chi connectivity index (χ0v) is 17.0. The first-order valence-electron chi connectivity index (χ1n) is 10.1. The van der Waals surface area contributed by atoms with Crippen LogP contribution in [0.25, 0.3) is 0 Å². The number of fused-ring (bicyclic) bond motifs is 1. The van der Waals surface area contributed by atoms with E-state index in [0.717, 1.165) is 48.4 Å². The van der Waals surface area contributed by atoms with Gasteiger partial charge in [0.25, 0.3) is 5.91 Å². The second-order valence-corrected chi connectivity index (χ2v) is 7.06. The summed E-state index contributed by atoms with van der Waals surface area (Å²) in [6.45, 7) is 6.06. The van der Waals surface area contributed by atoms with Gasteiger partial charge in [0.05, 0.1) is 12.2 Å². The quantitative estimate of drug-likeness (QED) is 0.642. The molecule has 0 aromatic heterocycles. The zero-order chi connectivity index (χ0) is 20.0. The average Bonchev–Trinajstić information content (AvgIpc) is 2.73. The van der Waals surface area contributed by atoms with Gasteiger partial charge in [0.2, 0.25) is 0 Å². The van der Waals surface area contributed by atoms with E-state index in [0.29, 0.717) is 13.2 Å². The molecule has 0 saturated heterocycles. The summed E-state index contributed by atoms with van der Waals surface area (Å²) in [5.41, 5.74) is 2.13. The van der Waals surface area contributed by atoms with Crippen molar-refractivity contribution in [3.8, 4) is 5.75 Å². The van der Waals surface area contributed by atoms with Crippen molar-refractivity contribution in [1.82, 2.24) is 4.90 Å². The van der Waals surface area contributed by atoms with Gasteiger partial charge < -0.3 is 19.7 Å². The van der Waals surface area contributed by atoms with Crippen LogP contribution >= 0.6 is 0 Å². The molecule has 0 bridgehead atoms. The lowest BCUT2D eigenvalue weighted by atomic mass is 9.89. The van der Waals surface area contributed by atoms with Crippen molar-refractivity contribution >= 4 is 11.6 Å². The molecule has 1 amide bonds. The highest BCUT2D eigenvalue weighted by atomic mass is 16.5. The first-order valence-corrected chi connectivity index (χ1v) is 10.1. The van der Waals surface area contributed by atoms with E-state index in [-0.39, 0.29) is 5.91 Å². The molecule has 0 saturated carbocycles. The summed E-state index contributed by atoms with van der Waals surface area (Å²) in [5.74, 6) is 0.889. The molecule has 5 heteroatoms. The Kier molecular flexibility index (Phi) is 6.57. The fraction of sp³-hybridized carbons (Fsp3) is 0.435. The van der Waals surface area contributed by atoms with Crippen molar-refractivity contribution in [1.29, 1.82) is 0 Å². The molecular weight excluding hydrogens is 352 g/mol. The number of benzene rings is 2. The second-order valence-electron chi connectivity index (χ2n) is 7.06. The molecule has 150 valence electrons. The van der Waals surface area contributed by atoms with Crippen LogP contribution in [0, 0.1) is 0 Å². The number of rotatable bonds is 9. The number of hydrogen-bond donors (Lipinski definition) is 1. The van der Waals surface area contributed by atoms with E-state index in [1.165, 1.54) is 0 Å². The number of para-hydroxylation sites is 1. The number of carbonyl (C=O) groups excluding carboxylic acids is 1. The van der Waals surface area contributed by atoms with E-state index in [1.54, 1.807) is 7.11 Å². The Balaban J connectivity index is 1.97. The maximum Gasteiger partial charge on any atom is 0.258 e. The summed E-state index contributed by atoms with van der Waals surface area (Å²) in [6, 6.07) is 15.8. The Bertz CT molecular complexity index is 791. The topological polar surface area (TPSA) is 50.8 Å². The predicted octanol–water partition coefficient (Wildman–Crippen LogP) is 4.64. The van der Waals surface area contributed by atoms with E-state index in [4.69, 9.17) is 9.47 Å². The van der Waals surface area contributed by atoms with Crippen molar-refractivity contribution in [2.24, 2.45) is 0 Å². The molecule has 0 spiro atoms. The van der Waals surface area contributed by atoms with E-state index in [9.17, 15) is 4.79 Å². The number of carbonyl (C=O) groups is 1. The predicted molar refractivity (Wildman–Crippen MR) is 112 cm³/mol. The SMILES string of the molecule is CCCCN1C(=O)c2ccccc2NC1(CC)c1ccc(OCCOC)cc1. The molecule has 2 aromatic rings. The van der Waals surface area contributed by atoms with Crippen LogP contribution < -0.4 is 10.1 Å². The Hall–Kier alpha value is -2.53. The van der Waals surface area contributed by atoms with Crippen LogP contribution in [0.3, 0.4) is 0 Å². The Morgan fingerprint density at radius 1 is 1.04 bits per heavy atom. The summed E-state index contributed by atoms with van der Waals surface area (Å²) in [4.78, 5) is 15.4. The van der Waals surface area contributed by atoms with Crippen LogP contribution in [0.1, 0.15) is 49.0 Å². The van der Waals surface area contributed by atoms with E-state index in [2.05, 4.69) is 31.3 Å². The molecule has 1 aliphatic rings. The Morgan fingerprint density at radius 3 is 2.46 bits per heavy atom. The average molecular weight is 383 g/mol. The molecule has 1 N–H and O–H groups in total. The highest BCUT2D eigenvalue weighted by molar-refractivity contribution is 6.02. The lowest BCUT2D eigenvalue weighted by Gasteiger charge is -2.48. The summed E-state index contributed by atoms with van der Waals surface area (Å²) < 4.78 is 10.7. The summed E-state index contributed by atoms with van der Waals surface area (Å²) in [5, 5.41) is 3.68. The van der Waals surface area contributed by atoms with Crippen molar-refractivity contribution in [3.63, 3.8) is 0 Å². The van der Waals surface area contributed by atoms with Crippen LogP contribution in [0.2, 0.25) is 0 Å². The van der Waals surface area contributed by atoms with Gasteiger partial charge in [0, 0.05) is 19.3 Å². The molecule has 0 radical (unpaired) electrons. The Labute approximate surface area is 167 Å². The molecule has 3 rings (SSSR count). The number of anilines is 1. The third-order valence-corrected chi connectivity index (χ3v) is 5.34. The minimum absolute atomic E-state index is 0.0880. The van der Waals surface area contributed by atoms with Gasteiger partial charge in [0.15, 0.2) is 0 Å². The number of methoxy groups -OCH3 is 1. The molecule has 1 unspecified atom stereocenters. The van der Waals surface area contributed by atoms with Crippen LogP contribution in [0.4, 0.5) is 5.69 Å². The molecule has 1 atom stereocenters. The number of nitrogens with one attached hydrogen (secondary N) is 1. The van der Waals surface area contributed by atoms with E-state index < -0.39 is 5.66 Å². The summed E-state index contributed by atoms with van der Waals surface area (Å²) in [7, 11) is 1.66. The Morgan fingerprint density at radius 2 is 1.79 bits per heavy atom. The molecule has 0 fully saturated rings. The van der Waals surface area contributed by atoms with Crippen molar-refractivity contribution in [3.05, 3.63) is 59.7 Å². The van der Waals surface area contributed by atoms with Crippen LogP contribution in [0.5, 0.6) is 5.75 Å². The normalized spacial score (nSPS) is 18.5. The zero-order valence-electron chi connectivity index (χ0n) is 17.0. The first-order chi connectivity index (χ1) is 13.7. The number of nitrogens with zero attached hydrogens (tertiary/aromatic N) is 1. The number of unbranched alkanes of at least 4 members (excludes halogenated alkanes) is 1. The van der Waals surface area contributed by atoms with Crippen LogP contribution in [-0.4, -0.2) is 37.7 Å². The van der Waals surface area contributed by atoms with Gasteiger partial charge in [0.1, 0.15) is 18.0 Å². The maximum absolute atomic E-state index is 13.4. The number of ether oxygens (including phenoxy) is 2. The molecule has 1 heterocycles. The van der Waals surface area contributed by atoms with Crippen LogP contribution in [-0.2, 0) is 10.4 Å². The van der Waals surface area contributed by atoms with Crippen molar-refractivity contribution in [2.75, 3.05) is 32.2 Å². The van der Waals surface area contributed by atoms with E-state index >= 15 is 0 Å². The van der Waals surface area contributed by atoms with Gasteiger partial charge in [-0.15, -0.1) is 0 Å². The third-order valence-electron chi connectivity index (χ3n) is 5.34.